The van der Waals surface area contributed by atoms with Gasteiger partial charge in [0.25, 0.3) is 0 Å². The molecule has 234 valence electrons. The first-order valence-electron chi connectivity index (χ1n) is 16.5. The predicted octanol–water partition coefficient (Wildman–Crippen LogP) is 8.61. The first kappa shape index (κ1) is 38.1. The zero-order valence-electron chi connectivity index (χ0n) is 25.8. The highest BCUT2D eigenvalue weighted by atomic mass is 16.4. The third-order valence-corrected chi connectivity index (χ3v) is 8.04. The van der Waals surface area contributed by atoms with E-state index in [9.17, 15) is 14.4 Å². The van der Waals surface area contributed by atoms with Gasteiger partial charge < -0.3 is 19.8 Å². The fourth-order valence-corrected chi connectivity index (χ4v) is 5.42. The van der Waals surface area contributed by atoms with Gasteiger partial charge in [0.15, 0.2) is 0 Å². The van der Waals surface area contributed by atoms with Crippen LogP contribution in [-0.4, -0.2) is 63.9 Å². The number of aliphatic carboxylic acids is 3. The summed E-state index contributed by atoms with van der Waals surface area (Å²) in [5.74, 6) is -2.80. The molecule has 0 amide bonds. The van der Waals surface area contributed by atoms with Crippen molar-refractivity contribution >= 4 is 17.9 Å². The molecule has 0 aliphatic carbocycles. The van der Waals surface area contributed by atoms with Crippen molar-refractivity contribution < 1.29 is 34.2 Å². The quantitative estimate of drug-likeness (QED) is 0.0438. The number of rotatable bonds is 31. The Morgan fingerprint density at radius 2 is 0.750 bits per heavy atom. The van der Waals surface area contributed by atoms with Gasteiger partial charge in [-0.25, -0.2) is 0 Å². The van der Waals surface area contributed by atoms with E-state index in [2.05, 4.69) is 19.1 Å². The van der Waals surface area contributed by atoms with Crippen LogP contribution in [0.2, 0.25) is 0 Å². The molecule has 40 heavy (non-hydrogen) atoms. The lowest BCUT2D eigenvalue weighted by atomic mass is 10.0. The van der Waals surface area contributed by atoms with Crippen molar-refractivity contribution in [3.8, 4) is 0 Å². The van der Waals surface area contributed by atoms with Crippen LogP contribution in [0.3, 0.4) is 0 Å². The van der Waals surface area contributed by atoms with Crippen molar-refractivity contribution in [2.24, 2.45) is 0 Å². The summed E-state index contributed by atoms with van der Waals surface area (Å²) in [5.41, 5.74) is 0. The molecule has 0 aromatic carbocycles. The number of quaternary nitrogens is 1. The van der Waals surface area contributed by atoms with E-state index in [0.29, 0.717) is 6.54 Å². The summed E-state index contributed by atoms with van der Waals surface area (Å²) in [6, 6.07) is 0. The van der Waals surface area contributed by atoms with Crippen molar-refractivity contribution in [3.05, 3.63) is 12.2 Å². The lowest BCUT2D eigenvalue weighted by Crippen LogP contribution is -2.52. The fraction of sp³-hybridized carbons (Fsp3) is 0.848. The van der Waals surface area contributed by atoms with Gasteiger partial charge in [0.05, 0.1) is 45.4 Å². The van der Waals surface area contributed by atoms with Gasteiger partial charge in [-0.1, -0.05) is 109 Å². The van der Waals surface area contributed by atoms with Gasteiger partial charge in [0.1, 0.15) is 0 Å². The number of allylic oxidation sites excluding steroid dienone is 2. The Morgan fingerprint density at radius 1 is 0.450 bits per heavy atom. The summed E-state index contributed by atoms with van der Waals surface area (Å²) in [4.78, 5) is 33.4. The van der Waals surface area contributed by atoms with Gasteiger partial charge in [-0.05, 0) is 38.5 Å². The molecule has 0 saturated carbocycles. The normalized spacial score (nSPS) is 11.8. The molecule has 0 atom stereocenters. The molecule has 3 N–H and O–H groups in total. The smallest absolute Gasteiger partial charge is 0.309 e. The van der Waals surface area contributed by atoms with Gasteiger partial charge in [0, 0.05) is 0 Å². The predicted molar refractivity (Wildman–Crippen MR) is 164 cm³/mol. The average Bonchev–Trinajstić information content (AvgIpc) is 2.92. The van der Waals surface area contributed by atoms with Gasteiger partial charge in [0.2, 0.25) is 0 Å². The third-order valence-electron chi connectivity index (χ3n) is 8.04. The van der Waals surface area contributed by atoms with Crippen LogP contribution in [0.15, 0.2) is 12.2 Å². The van der Waals surface area contributed by atoms with E-state index in [1.165, 1.54) is 109 Å². The van der Waals surface area contributed by atoms with E-state index in [-0.39, 0.29) is 43.4 Å². The number of unbranched alkanes of at least 4 members (excludes halogenated alkanes) is 18. The van der Waals surface area contributed by atoms with E-state index in [4.69, 9.17) is 15.3 Å². The second-order valence-corrected chi connectivity index (χ2v) is 11.7. The molecular formula is C33H62NO6+. The van der Waals surface area contributed by atoms with E-state index in [0.717, 1.165) is 19.3 Å². The maximum atomic E-state index is 11.1. The van der Waals surface area contributed by atoms with Gasteiger partial charge in [-0.3, -0.25) is 14.4 Å². The van der Waals surface area contributed by atoms with Crippen molar-refractivity contribution in [2.45, 2.75) is 155 Å². The van der Waals surface area contributed by atoms with E-state index in [1.807, 2.05) is 0 Å². The molecule has 0 rings (SSSR count). The number of hydrogen-bond acceptors (Lipinski definition) is 3. The molecule has 0 aliphatic heterocycles. The van der Waals surface area contributed by atoms with Gasteiger partial charge >= 0.3 is 17.9 Å². The summed E-state index contributed by atoms with van der Waals surface area (Å²) in [5, 5.41) is 27.4. The Bertz CT molecular complexity index is 618. The summed E-state index contributed by atoms with van der Waals surface area (Å²) in [7, 11) is 0. The van der Waals surface area contributed by atoms with Crippen LogP contribution in [0.1, 0.15) is 155 Å². The lowest BCUT2D eigenvalue weighted by Gasteiger charge is -2.38. The monoisotopic (exact) mass is 568 g/mol. The molecule has 0 fully saturated rings. The molecule has 0 heterocycles. The van der Waals surface area contributed by atoms with Crippen LogP contribution in [-0.2, 0) is 14.4 Å². The number of carboxylic acids is 3. The average molecular weight is 569 g/mol. The maximum Gasteiger partial charge on any atom is 0.309 e. The number of carboxylic acid groups (broad SMARTS) is 3. The highest BCUT2D eigenvalue weighted by Crippen LogP contribution is 2.17. The minimum absolute atomic E-state index is 0.0751. The molecule has 0 aromatic rings. The van der Waals surface area contributed by atoms with Crippen molar-refractivity contribution in [1.82, 2.24) is 0 Å². The molecule has 0 spiro atoms. The molecular weight excluding hydrogens is 506 g/mol. The molecule has 7 heteroatoms. The van der Waals surface area contributed by atoms with Gasteiger partial charge in [-0.2, -0.15) is 0 Å². The topological polar surface area (TPSA) is 112 Å². The summed E-state index contributed by atoms with van der Waals surface area (Å²) < 4.78 is 0.262. The zero-order chi connectivity index (χ0) is 29.7. The molecule has 0 bridgehead atoms. The van der Waals surface area contributed by atoms with Crippen LogP contribution in [0.5, 0.6) is 0 Å². The fourth-order valence-electron chi connectivity index (χ4n) is 5.42. The highest BCUT2D eigenvalue weighted by Gasteiger charge is 2.29. The number of hydrogen-bond donors (Lipinski definition) is 3. The Balaban J connectivity index is 3.85. The van der Waals surface area contributed by atoms with Crippen LogP contribution >= 0.6 is 0 Å². The second kappa shape index (κ2) is 27.3. The zero-order valence-corrected chi connectivity index (χ0v) is 25.8. The third kappa shape index (κ3) is 26.3. The minimum Gasteiger partial charge on any atom is -0.481 e. The van der Waals surface area contributed by atoms with Crippen LogP contribution < -0.4 is 0 Å². The maximum absolute atomic E-state index is 11.1. The van der Waals surface area contributed by atoms with E-state index >= 15 is 0 Å². The van der Waals surface area contributed by atoms with E-state index < -0.39 is 17.9 Å². The Hall–Kier alpha value is -1.89. The van der Waals surface area contributed by atoms with Crippen molar-refractivity contribution in [2.75, 3.05) is 26.2 Å². The SMILES string of the molecule is CCCCCCCCCCC/C=C/CCCCCCCCCCC[N+](CCC(=O)O)(CCC(=O)O)CCC(=O)O. The first-order chi connectivity index (χ1) is 19.3. The minimum atomic E-state index is -0.932. The molecule has 0 unspecified atom stereocenters. The highest BCUT2D eigenvalue weighted by molar-refractivity contribution is 5.67. The van der Waals surface area contributed by atoms with Crippen LogP contribution in [0.4, 0.5) is 0 Å². The number of carbonyl (C=O) groups is 3. The first-order valence-corrected chi connectivity index (χ1v) is 16.5. The lowest BCUT2D eigenvalue weighted by molar-refractivity contribution is -0.927. The van der Waals surface area contributed by atoms with Crippen molar-refractivity contribution in [1.29, 1.82) is 0 Å². The van der Waals surface area contributed by atoms with Gasteiger partial charge in [-0.15, -0.1) is 0 Å². The molecule has 0 radical (unpaired) electrons. The standard InChI is InChI=1S/C33H61NO6/c1-2-3-4-5-6-7-8-9-10-11-12-13-14-15-16-17-18-19-20-21-22-23-27-34(28-24-31(35)36,29-25-32(37)38)30-26-33(39)40/h12-13H,2-11,14-30H2,1H3,(H2-,35,36,37,38,39,40)/p+1/b13-12+. The van der Waals surface area contributed by atoms with Crippen molar-refractivity contribution in [3.63, 3.8) is 0 Å². The Labute approximate surface area is 245 Å². The molecule has 0 aliphatic rings. The summed E-state index contributed by atoms with van der Waals surface area (Å²) in [6.07, 6.45) is 29.9. The summed E-state index contributed by atoms with van der Waals surface area (Å²) >= 11 is 0. The summed E-state index contributed by atoms with van der Waals surface area (Å²) in [6.45, 7) is 3.76. The largest absolute Gasteiger partial charge is 0.481 e. The Kier molecular flexibility index (Phi) is 26.0. The van der Waals surface area contributed by atoms with Crippen LogP contribution in [0, 0.1) is 0 Å². The number of nitrogens with zero attached hydrogens (tertiary/aromatic N) is 1. The second-order valence-electron chi connectivity index (χ2n) is 11.7. The molecule has 7 nitrogen and oxygen atoms in total. The Morgan fingerprint density at radius 3 is 1.07 bits per heavy atom. The molecule has 0 saturated heterocycles. The van der Waals surface area contributed by atoms with Crippen LogP contribution in [0.25, 0.3) is 0 Å². The molecule has 0 aromatic heterocycles. The van der Waals surface area contributed by atoms with E-state index in [1.54, 1.807) is 0 Å².